The van der Waals surface area contributed by atoms with Crippen molar-refractivity contribution in [2.75, 3.05) is 30.3 Å². The van der Waals surface area contributed by atoms with Crippen LogP contribution in [-0.2, 0) is 4.79 Å². The number of nitrogens with zero attached hydrogens (tertiary/aromatic N) is 1. The Morgan fingerprint density at radius 3 is 2.46 bits per heavy atom. The Labute approximate surface area is 163 Å². The van der Waals surface area contributed by atoms with E-state index in [-0.39, 0.29) is 23.9 Å². The molecule has 0 radical (unpaired) electrons. The summed E-state index contributed by atoms with van der Waals surface area (Å²) in [5.41, 5.74) is 7.23. The third kappa shape index (κ3) is 4.88. The molecule has 3 rings (SSSR count). The molecule has 1 fully saturated rings. The Bertz CT molecular complexity index is 875. The zero-order valence-electron chi connectivity index (χ0n) is 15.6. The second-order valence-electron chi connectivity index (χ2n) is 6.75. The molecule has 7 nitrogen and oxygen atoms in total. The summed E-state index contributed by atoms with van der Waals surface area (Å²) in [5, 5.41) is 5.69. The molecule has 7 heteroatoms. The maximum absolute atomic E-state index is 12.6. The SMILES string of the molecule is NC(=O)c1ccccc1NC(=O)CNc1cccc(C(=O)N2CCCCC2)c1. The maximum atomic E-state index is 12.6. The van der Waals surface area contributed by atoms with Crippen molar-refractivity contribution in [3.63, 3.8) is 0 Å². The van der Waals surface area contributed by atoms with Gasteiger partial charge in [0, 0.05) is 24.3 Å². The van der Waals surface area contributed by atoms with E-state index in [1.54, 1.807) is 48.5 Å². The van der Waals surface area contributed by atoms with Crippen molar-refractivity contribution >= 4 is 29.1 Å². The van der Waals surface area contributed by atoms with Crippen molar-refractivity contribution in [2.45, 2.75) is 19.3 Å². The van der Waals surface area contributed by atoms with Crippen LogP contribution in [0.5, 0.6) is 0 Å². The first-order valence-corrected chi connectivity index (χ1v) is 9.36. The van der Waals surface area contributed by atoms with Crippen LogP contribution in [0.25, 0.3) is 0 Å². The predicted molar refractivity (Wildman–Crippen MR) is 108 cm³/mol. The molecule has 1 heterocycles. The quantitative estimate of drug-likeness (QED) is 0.716. The van der Waals surface area contributed by atoms with E-state index in [0.29, 0.717) is 16.9 Å². The molecule has 28 heavy (non-hydrogen) atoms. The second-order valence-corrected chi connectivity index (χ2v) is 6.75. The van der Waals surface area contributed by atoms with Gasteiger partial charge in [0.15, 0.2) is 0 Å². The van der Waals surface area contributed by atoms with E-state index in [0.717, 1.165) is 25.9 Å². The van der Waals surface area contributed by atoms with Gasteiger partial charge in [0.05, 0.1) is 17.8 Å². The third-order valence-electron chi connectivity index (χ3n) is 4.67. The summed E-state index contributed by atoms with van der Waals surface area (Å²) in [4.78, 5) is 38.1. The summed E-state index contributed by atoms with van der Waals surface area (Å²) >= 11 is 0. The lowest BCUT2D eigenvalue weighted by Gasteiger charge is -2.26. The summed E-state index contributed by atoms with van der Waals surface area (Å²) in [6.07, 6.45) is 3.24. The van der Waals surface area contributed by atoms with Crippen LogP contribution in [0.15, 0.2) is 48.5 Å². The molecule has 4 N–H and O–H groups in total. The zero-order chi connectivity index (χ0) is 19.9. The van der Waals surface area contributed by atoms with Crippen molar-refractivity contribution in [1.29, 1.82) is 0 Å². The van der Waals surface area contributed by atoms with Crippen LogP contribution >= 0.6 is 0 Å². The summed E-state index contributed by atoms with van der Waals surface area (Å²) in [6.45, 7) is 1.57. The van der Waals surface area contributed by atoms with Gasteiger partial charge in [-0.25, -0.2) is 0 Å². The lowest BCUT2D eigenvalue weighted by molar-refractivity contribution is -0.114. The molecule has 2 aromatic carbocycles. The van der Waals surface area contributed by atoms with Crippen LogP contribution in [0.4, 0.5) is 11.4 Å². The standard InChI is InChI=1S/C21H24N4O3/c22-20(27)17-9-2-3-10-18(17)24-19(26)14-23-16-8-6-7-15(13-16)21(28)25-11-4-1-5-12-25/h2-3,6-10,13,23H,1,4-5,11-12,14H2,(H2,22,27)(H,24,26). The normalized spacial score (nSPS) is 13.6. The van der Waals surface area contributed by atoms with Crippen LogP contribution in [-0.4, -0.2) is 42.3 Å². The summed E-state index contributed by atoms with van der Waals surface area (Å²) in [5.74, 6) is -0.905. The number of carbonyl (C=O) groups is 3. The molecule has 1 saturated heterocycles. The van der Waals surface area contributed by atoms with E-state index in [1.165, 1.54) is 6.42 Å². The number of primary amides is 1. The lowest BCUT2D eigenvalue weighted by Crippen LogP contribution is -2.35. The first kappa shape index (κ1) is 19.4. The molecule has 0 bridgehead atoms. The Kier molecular flexibility index (Phi) is 6.26. The highest BCUT2D eigenvalue weighted by Crippen LogP contribution is 2.17. The van der Waals surface area contributed by atoms with Gasteiger partial charge in [0.2, 0.25) is 5.91 Å². The number of likely N-dealkylation sites (tertiary alicyclic amines) is 1. The highest BCUT2D eigenvalue weighted by molar-refractivity contribution is 6.03. The summed E-state index contributed by atoms with van der Waals surface area (Å²) in [6, 6.07) is 13.7. The van der Waals surface area contributed by atoms with Crippen molar-refractivity contribution in [2.24, 2.45) is 5.73 Å². The average Bonchev–Trinajstić information content (AvgIpc) is 2.73. The fraction of sp³-hybridized carbons (Fsp3) is 0.286. The van der Waals surface area contributed by atoms with Crippen molar-refractivity contribution in [1.82, 2.24) is 4.90 Å². The number of hydrogen-bond donors (Lipinski definition) is 3. The molecular formula is C21H24N4O3. The van der Waals surface area contributed by atoms with Gasteiger partial charge >= 0.3 is 0 Å². The molecule has 1 aliphatic rings. The number of hydrogen-bond acceptors (Lipinski definition) is 4. The molecule has 0 aliphatic carbocycles. The second kappa shape index (κ2) is 9.03. The van der Waals surface area contributed by atoms with Gasteiger partial charge in [-0.05, 0) is 49.6 Å². The van der Waals surface area contributed by atoms with Gasteiger partial charge < -0.3 is 21.3 Å². The minimum absolute atomic E-state index is 0.00550. The Hall–Kier alpha value is -3.35. The number of nitrogens with one attached hydrogen (secondary N) is 2. The van der Waals surface area contributed by atoms with Crippen LogP contribution in [0.3, 0.4) is 0 Å². The number of benzene rings is 2. The highest BCUT2D eigenvalue weighted by atomic mass is 16.2. The number of piperidine rings is 1. The molecule has 0 saturated carbocycles. The van der Waals surface area contributed by atoms with Crippen LogP contribution in [0, 0.1) is 0 Å². The number of carbonyl (C=O) groups excluding carboxylic acids is 3. The fourth-order valence-corrected chi connectivity index (χ4v) is 3.23. The molecule has 0 atom stereocenters. The van der Waals surface area contributed by atoms with Gasteiger partial charge in [-0.2, -0.15) is 0 Å². The van der Waals surface area contributed by atoms with Crippen molar-refractivity contribution in [3.8, 4) is 0 Å². The van der Waals surface area contributed by atoms with E-state index >= 15 is 0 Å². The first-order valence-electron chi connectivity index (χ1n) is 9.36. The highest BCUT2D eigenvalue weighted by Gasteiger charge is 2.18. The molecule has 3 amide bonds. The lowest BCUT2D eigenvalue weighted by atomic mass is 10.1. The summed E-state index contributed by atoms with van der Waals surface area (Å²) < 4.78 is 0. The van der Waals surface area contributed by atoms with Crippen LogP contribution in [0.2, 0.25) is 0 Å². The van der Waals surface area contributed by atoms with E-state index in [1.807, 2.05) is 4.90 Å². The Balaban J connectivity index is 1.59. The largest absolute Gasteiger partial charge is 0.376 e. The van der Waals surface area contributed by atoms with E-state index in [2.05, 4.69) is 10.6 Å². The maximum Gasteiger partial charge on any atom is 0.253 e. The molecule has 0 unspecified atom stereocenters. The predicted octanol–water partition coefficient (Wildman–Crippen LogP) is 2.46. The number of para-hydroxylation sites is 1. The molecule has 146 valence electrons. The first-order chi connectivity index (χ1) is 13.5. The molecule has 1 aliphatic heterocycles. The molecule has 0 spiro atoms. The van der Waals surface area contributed by atoms with E-state index in [4.69, 9.17) is 5.73 Å². The fourth-order valence-electron chi connectivity index (χ4n) is 3.23. The van der Waals surface area contributed by atoms with Gasteiger partial charge in [-0.15, -0.1) is 0 Å². The van der Waals surface area contributed by atoms with Crippen molar-refractivity contribution in [3.05, 3.63) is 59.7 Å². The van der Waals surface area contributed by atoms with Crippen molar-refractivity contribution < 1.29 is 14.4 Å². The number of anilines is 2. The Morgan fingerprint density at radius 1 is 0.964 bits per heavy atom. The molecular weight excluding hydrogens is 356 g/mol. The smallest absolute Gasteiger partial charge is 0.253 e. The van der Waals surface area contributed by atoms with Gasteiger partial charge in [-0.1, -0.05) is 18.2 Å². The summed E-state index contributed by atoms with van der Waals surface area (Å²) in [7, 11) is 0. The van der Waals surface area contributed by atoms with Gasteiger partial charge in [-0.3, -0.25) is 14.4 Å². The van der Waals surface area contributed by atoms with E-state index < -0.39 is 5.91 Å². The number of amides is 3. The molecule has 2 aromatic rings. The topological polar surface area (TPSA) is 105 Å². The number of rotatable bonds is 6. The molecule has 0 aromatic heterocycles. The average molecular weight is 380 g/mol. The monoisotopic (exact) mass is 380 g/mol. The van der Waals surface area contributed by atoms with E-state index in [9.17, 15) is 14.4 Å². The Morgan fingerprint density at radius 2 is 1.71 bits per heavy atom. The van der Waals surface area contributed by atoms with Crippen LogP contribution < -0.4 is 16.4 Å². The zero-order valence-corrected chi connectivity index (χ0v) is 15.6. The minimum Gasteiger partial charge on any atom is -0.376 e. The third-order valence-corrected chi connectivity index (χ3v) is 4.67. The van der Waals surface area contributed by atoms with Gasteiger partial charge in [0.25, 0.3) is 11.8 Å². The van der Waals surface area contributed by atoms with Gasteiger partial charge in [0.1, 0.15) is 0 Å². The number of nitrogens with two attached hydrogens (primary N) is 1. The minimum atomic E-state index is -0.604. The van der Waals surface area contributed by atoms with Crippen LogP contribution in [0.1, 0.15) is 40.0 Å².